The van der Waals surface area contributed by atoms with Crippen LogP contribution in [0.15, 0.2) is 52.2 Å². The molecule has 1 aliphatic carbocycles. The second-order valence-corrected chi connectivity index (χ2v) is 6.40. The largest absolute Gasteiger partial charge is 0.467 e. The van der Waals surface area contributed by atoms with Gasteiger partial charge < -0.3 is 4.42 Å². The minimum Gasteiger partial charge on any atom is -0.467 e. The highest BCUT2D eigenvalue weighted by Crippen LogP contribution is 2.52. The van der Waals surface area contributed by atoms with Crippen molar-refractivity contribution in [3.8, 4) is 0 Å². The Morgan fingerprint density at radius 2 is 2.28 bits per heavy atom. The number of carbonyl (C=O) groups excluding carboxylic acids is 2. The van der Waals surface area contributed by atoms with Crippen molar-refractivity contribution < 1.29 is 14.0 Å². The van der Waals surface area contributed by atoms with Crippen LogP contribution in [-0.2, 0) is 15.1 Å². The zero-order valence-electron chi connectivity index (χ0n) is 13.9. The smallest absolute Gasteiger partial charge is 0.237 e. The molecule has 0 radical (unpaired) electrons. The second kappa shape index (κ2) is 7.01. The molecule has 2 aromatic rings. The summed E-state index contributed by atoms with van der Waals surface area (Å²) in [5.74, 6) is 4.84. The minimum atomic E-state index is -0.983. The predicted molar refractivity (Wildman–Crippen MR) is 89.7 cm³/mol. The third-order valence-corrected chi connectivity index (χ3v) is 5.23. The highest BCUT2D eigenvalue weighted by Gasteiger charge is 2.52. The Morgan fingerprint density at radius 3 is 2.88 bits per heavy atom. The van der Waals surface area contributed by atoms with Gasteiger partial charge in [-0.05, 0) is 37.1 Å². The summed E-state index contributed by atoms with van der Waals surface area (Å²) in [7, 11) is 0. The Bertz CT molecular complexity index is 771. The van der Waals surface area contributed by atoms with Crippen LogP contribution in [0.2, 0.25) is 0 Å². The summed E-state index contributed by atoms with van der Waals surface area (Å²) >= 11 is 0. The number of nitrogens with zero attached hydrogens (tertiary/aromatic N) is 2. The Hall–Kier alpha value is -2.76. The number of amides is 1. The number of hydrogen-bond donors (Lipinski definition) is 2. The first-order valence-electron chi connectivity index (χ1n) is 8.16. The predicted octanol–water partition coefficient (Wildman–Crippen LogP) is 2.03. The number of rotatable bonds is 4. The van der Waals surface area contributed by atoms with Gasteiger partial charge in [0.05, 0.1) is 6.26 Å². The molecule has 3 N–H and O–H groups in total. The van der Waals surface area contributed by atoms with Gasteiger partial charge in [0.25, 0.3) is 0 Å². The van der Waals surface area contributed by atoms with Crippen LogP contribution in [-0.4, -0.2) is 17.0 Å². The van der Waals surface area contributed by atoms with Crippen LogP contribution >= 0.6 is 0 Å². The van der Waals surface area contributed by atoms with E-state index in [0.717, 1.165) is 5.69 Å². The molecule has 0 bridgehead atoms. The van der Waals surface area contributed by atoms with Crippen molar-refractivity contribution in [2.75, 3.05) is 0 Å². The summed E-state index contributed by atoms with van der Waals surface area (Å²) in [5.41, 5.74) is 2.10. The average molecular weight is 340 g/mol. The van der Waals surface area contributed by atoms with Crippen molar-refractivity contribution in [2.45, 2.75) is 31.2 Å². The van der Waals surface area contributed by atoms with Crippen LogP contribution in [0, 0.1) is 11.8 Å². The van der Waals surface area contributed by atoms with E-state index in [1.807, 2.05) is 25.1 Å². The molecule has 2 aromatic heterocycles. The first-order chi connectivity index (χ1) is 12.1. The molecule has 1 fully saturated rings. The van der Waals surface area contributed by atoms with Crippen molar-refractivity contribution >= 4 is 12.0 Å². The summed E-state index contributed by atoms with van der Waals surface area (Å²) in [5, 5.41) is 0. The molecule has 7 nitrogen and oxygen atoms in total. The van der Waals surface area contributed by atoms with Gasteiger partial charge >= 0.3 is 0 Å². The number of aromatic nitrogens is 1. The van der Waals surface area contributed by atoms with Crippen molar-refractivity contribution in [1.82, 2.24) is 10.4 Å². The van der Waals surface area contributed by atoms with Crippen molar-refractivity contribution in [1.29, 1.82) is 0 Å². The lowest BCUT2D eigenvalue weighted by atomic mass is 9.62. The lowest BCUT2D eigenvalue weighted by Crippen LogP contribution is -2.49. The number of furan rings is 1. The van der Waals surface area contributed by atoms with Crippen LogP contribution in [0.3, 0.4) is 0 Å². The van der Waals surface area contributed by atoms with Crippen LogP contribution in [0.5, 0.6) is 0 Å². The first kappa shape index (κ1) is 17.1. The van der Waals surface area contributed by atoms with Gasteiger partial charge in [-0.3, -0.25) is 15.2 Å². The Balaban J connectivity index is 2.11. The Kier molecular flexibility index (Phi) is 4.79. The lowest BCUT2D eigenvalue weighted by molar-refractivity contribution is -0.129. The van der Waals surface area contributed by atoms with E-state index in [1.54, 1.807) is 24.4 Å². The molecule has 3 rings (SSSR count). The van der Waals surface area contributed by atoms with E-state index in [2.05, 4.69) is 15.4 Å². The zero-order chi connectivity index (χ0) is 17.9. The topological polar surface area (TPSA) is 111 Å². The molecule has 4 atom stereocenters. The normalized spacial score (nSPS) is 28.8. The second-order valence-electron chi connectivity index (χ2n) is 6.40. The molecule has 0 aromatic carbocycles. The van der Waals surface area contributed by atoms with E-state index in [0.29, 0.717) is 18.6 Å². The summed E-state index contributed by atoms with van der Waals surface area (Å²) < 4.78 is 5.59. The summed E-state index contributed by atoms with van der Waals surface area (Å²) in [6, 6.07) is 9.16. The molecule has 7 heteroatoms. The maximum absolute atomic E-state index is 12.4. The summed E-state index contributed by atoms with van der Waals surface area (Å²) in [6.45, 7) is 1.89. The van der Waals surface area contributed by atoms with Crippen LogP contribution < -0.4 is 11.3 Å². The van der Waals surface area contributed by atoms with Crippen LogP contribution in [0.4, 0.5) is 0 Å². The molecule has 0 spiro atoms. The van der Waals surface area contributed by atoms with Crippen LogP contribution in [0.1, 0.15) is 37.1 Å². The number of isocyanates is 1. The highest BCUT2D eigenvalue weighted by molar-refractivity contribution is 5.78. The summed E-state index contributed by atoms with van der Waals surface area (Å²) in [6.07, 6.45) is 5.99. The Labute approximate surface area is 145 Å². The van der Waals surface area contributed by atoms with Crippen molar-refractivity contribution in [3.63, 3.8) is 0 Å². The number of nitrogens with one attached hydrogen (secondary N) is 1. The van der Waals surface area contributed by atoms with Gasteiger partial charge in [0.2, 0.25) is 12.0 Å². The average Bonchev–Trinajstić information content (AvgIpc) is 3.19. The zero-order valence-corrected chi connectivity index (χ0v) is 13.9. The number of hydrogen-bond acceptors (Lipinski definition) is 6. The third-order valence-electron chi connectivity index (χ3n) is 5.23. The van der Waals surface area contributed by atoms with Gasteiger partial charge in [-0.1, -0.05) is 13.0 Å². The van der Waals surface area contributed by atoms with Crippen molar-refractivity contribution in [2.24, 2.45) is 22.7 Å². The third kappa shape index (κ3) is 2.99. The summed E-state index contributed by atoms with van der Waals surface area (Å²) in [4.78, 5) is 32.2. The fourth-order valence-corrected chi connectivity index (χ4v) is 3.91. The molecule has 4 unspecified atom stereocenters. The van der Waals surface area contributed by atoms with Gasteiger partial charge in [-0.2, -0.15) is 4.99 Å². The van der Waals surface area contributed by atoms with Crippen LogP contribution in [0.25, 0.3) is 0 Å². The molecular formula is C18H20N4O3. The fourth-order valence-electron chi connectivity index (χ4n) is 3.91. The molecule has 130 valence electrons. The van der Waals surface area contributed by atoms with Gasteiger partial charge in [0, 0.05) is 29.6 Å². The van der Waals surface area contributed by atoms with E-state index in [1.165, 1.54) is 6.26 Å². The number of hydrazine groups is 1. The molecule has 1 saturated carbocycles. The maximum atomic E-state index is 12.4. The monoisotopic (exact) mass is 340 g/mol. The first-order valence-corrected chi connectivity index (χ1v) is 8.16. The quantitative estimate of drug-likeness (QED) is 0.291. The van der Waals surface area contributed by atoms with Gasteiger partial charge in [0.15, 0.2) is 0 Å². The molecule has 0 aliphatic heterocycles. The van der Waals surface area contributed by atoms with E-state index >= 15 is 0 Å². The van der Waals surface area contributed by atoms with E-state index < -0.39 is 11.5 Å². The molecular weight excluding hydrogens is 320 g/mol. The molecule has 0 saturated heterocycles. The number of carbonyl (C=O) groups is 1. The van der Waals surface area contributed by atoms with E-state index in [4.69, 9.17) is 10.3 Å². The molecule has 1 amide bonds. The van der Waals surface area contributed by atoms with Gasteiger partial charge in [-0.25, -0.2) is 10.6 Å². The molecule has 1 aliphatic rings. The highest BCUT2D eigenvalue weighted by atomic mass is 16.3. The van der Waals surface area contributed by atoms with Gasteiger partial charge in [-0.15, -0.1) is 0 Å². The van der Waals surface area contributed by atoms with Crippen molar-refractivity contribution in [3.05, 3.63) is 54.2 Å². The SMILES string of the molecule is CC1C(C(=O)NN)CC(c2ccccn2)CC1(N=C=O)c1ccco1. The van der Waals surface area contributed by atoms with E-state index in [9.17, 15) is 9.59 Å². The number of aliphatic imine (C=N–C) groups is 1. The van der Waals surface area contributed by atoms with E-state index in [-0.39, 0.29) is 17.7 Å². The minimum absolute atomic E-state index is 0.0677. The maximum Gasteiger partial charge on any atom is 0.237 e. The number of nitrogens with two attached hydrogens (primary N) is 1. The fraction of sp³-hybridized carbons (Fsp3) is 0.389. The Morgan fingerprint density at radius 1 is 1.44 bits per heavy atom. The molecule has 25 heavy (non-hydrogen) atoms. The molecule has 2 heterocycles. The van der Waals surface area contributed by atoms with Gasteiger partial charge in [0.1, 0.15) is 11.3 Å². The standard InChI is InChI=1S/C18H20N4O3/c1-12-14(17(24)22-19)9-13(15-5-2-3-7-20-15)10-18(12,21-11-23)16-6-4-8-25-16/h2-8,12-14H,9-10,19H2,1H3,(H,22,24). The lowest BCUT2D eigenvalue weighted by Gasteiger charge is -2.44. The number of pyridine rings is 1.